The molecule has 0 aliphatic heterocycles. The van der Waals surface area contributed by atoms with Crippen LogP contribution < -0.4 is 5.32 Å². The van der Waals surface area contributed by atoms with Crippen LogP contribution in [0.1, 0.15) is 51.3 Å². The summed E-state index contributed by atoms with van der Waals surface area (Å²) in [4.78, 5) is 4.47. The van der Waals surface area contributed by atoms with Crippen LogP contribution in [0.3, 0.4) is 0 Å². The van der Waals surface area contributed by atoms with E-state index >= 15 is 0 Å². The Morgan fingerprint density at radius 1 is 1.26 bits per heavy atom. The molecule has 4 heteroatoms. The van der Waals surface area contributed by atoms with Gasteiger partial charge in [-0.25, -0.2) is 4.98 Å². The fourth-order valence-corrected chi connectivity index (χ4v) is 3.34. The summed E-state index contributed by atoms with van der Waals surface area (Å²) in [6.07, 6.45) is 10.9. The molecule has 2 fully saturated rings. The van der Waals surface area contributed by atoms with Crippen LogP contribution in [0.15, 0.2) is 6.33 Å². The molecule has 4 nitrogen and oxygen atoms in total. The zero-order valence-corrected chi connectivity index (χ0v) is 12.0. The molecular formula is C15H26N4. The molecule has 19 heavy (non-hydrogen) atoms. The number of aromatic nitrogens is 3. The third-order valence-corrected chi connectivity index (χ3v) is 4.64. The van der Waals surface area contributed by atoms with Gasteiger partial charge in [0, 0.05) is 19.0 Å². The van der Waals surface area contributed by atoms with E-state index in [9.17, 15) is 0 Å². The molecule has 2 atom stereocenters. The SMILES string of the molecule is CCCn1ncnc1CC1CCCC1CNC1CC1. The summed E-state index contributed by atoms with van der Waals surface area (Å²) in [6, 6.07) is 0.838. The lowest BCUT2D eigenvalue weighted by atomic mass is 9.92. The quantitative estimate of drug-likeness (QED) is 0.820. The van der Waals surface area contributed by atoms with E-state index < -0.39 is 0 Å². The third-order valence-electron chi connectivity index (χ3n) is 4.64. The van der Waals surface area contributed by atoms with Gasteiger partial charge in [0.15, 0.2) is 0 Å². The lowest BCUT2D eigenvalue weighted by Gasteiger charge is -2.20. The Balaban J connectivity index is 1.55. The normalized spacial score (nSPS) is 27.0. The third kappa shape index (κ3) is 3.35. The van der Waals surface area contributed by atoms with Gasteiger partial charge in [0.1, 0.15) is 12.2 Å². The van der Waals surface area contributed by atoms with Crippen molar-refractivity contribution in [3.63, 3.8) is 0 Å². The van der Waals surface area contributed by atoms with E-state index in [0.717, 1.165) is 37.3 Å². The molecule has 1 aromatic heterocycles. The maximum atomic E-state index is 4.47. The Kier molecular flexibility index (Phi) is 4.16. The average Bonchev–Trinajstić information content (AvgIpc) is 2.98. The molecule has 0 spiro atoms. The predicted octanol–water partition coefficient (Wildman–Crippen LogP) is 2.40. The van der Waals surface area contributed by atoms with Crippen molar-refractivity contribution in [2.45, 2.75) is 64.5 Å². The first-order valence-electron chi connectivity index (χ1n) is 7.97. The van der Waals surface area contributed by atoms with E-state index in [4.69, 9.17) is 0 Å². The van der Waals surface area contributed by atoms with Gasteiger partial charge >= 0.3 is 0 Å². The van der Waals surface area contributed by atoms with Crippen LogP contribution in [-0.2, 0) is 13.0 Å². The van der Waals surface area contributed by atoms with Crippen molar-refractivity contribution >= 4 is 0 Å². The van der Waals surface area contributed by atoms with Crippen molar-refractivity contribution in [3.8, 4) is 0 Å². The lowest BCUT2D eigenvalue weighted by Crippen LogP contribution is -2.28. The van der Waals surface area contributed by atoms with Gasteiger partial charge in [-0.05, 0) is 50.5 Å². The molecule has 0 radical (unpaired) electrons. The molecule has 0 amide bonds. The highest BCUT2D eigenvalue weighted by Gasteiger charge is 2.30. The van der Waals surface area contributed by atoms with Gasteiger partial charge in [0.05, 0.1) is 0 Å². The van der Waals surface area contributed by atoms with Crippen molar-refractivity contribution in [1.82, 2.24) is 20.1 Å². The molecule has 0 bridgehead atoms. The van der Waals surface area contributed by atoms with Crippen molar-refractivity contribution in [2.75, 3.05) is 6.54 Å². The summed E-state index contributed by atoms with van der Waals surface area (Å²) < 4.78 is 2.10. The Labute approximate surface area is 116 Å². The van der Waals surface area contributed by atoms with E-state index in [1.54, 1.807) is 6.33 Å². The topological polar surface area (TPSA) is 42.7 Å². The minimum Gasteiger partial charge on any atom is -0.314 e. The number of rotatable bonds is 7. The molecule has 1 heterocycles. The molecule has 2 aliphatic carbocycles. The zero-order valence-electron chi connectivity index (χ0n) is 12.0. The van der Waals surface area contributed by atoms with Crippen molar-refractivity contribution < 1.29 is 0 Å². The molecule has 106 valence electrons. The van der Waals surface area contributed by atoms with Crippen LogP contribution in [0, 0.1) is 11.8 Å². The van der Waals surface area contributed by atoms with E-state index in [0.29, 0.717) is 0 Å². The van der Waals surface area contributed by atoms with Crippen LogP contribution in [-0.4, -0.2) is 27.4 Å². The lowest BCUT2D eigenvalue weighted by molar-refractivity contribution is 0.352. The Morgan fingerprint density at radius 3 is 2.89 bits per heavy atom. The average molecular weight is 262 g/mol. The molecule has 1 N–H and O–H groups in total. The Morgan fingerprint density at radius 2 is 2.11 bits per heavy atom. The van der Waals surface area contributed by atoms with Crippen LogP contribution >= 0.6 is 0 Å². The van der Waals surface area contributed by atoms with Crippen molar-refractivity contribution in [3.05, 3.63) is 12.2 Å². The maximum Gasteiger partial charge on any atom is 0.138 e. The van der Waals surface area contributed by atoms with Gasteiger partial charge in [0.2, 0.25) is 0 Å². The highest BCUT2D eigenvalue weighted by molar-refractivity contribution is 4.93. The summed E-state index contributed by atoms with van der Waals surface area (Å²) >= 11 is 0. The second-order valence-corrected chi connectivity index (χ2v) is 6.24. The fraction of sp³-hybridized carbons (Fsp3) is 0.867. The molecule has 0 saturated heterocycles. The standard InChI is InChI=1S/C15H26N4/c1-2-8-19-15(17-11-18-19)9-12-4-3-5-13(12)10-16-14-6-7-14/h11-14,16H,2-10H2,1H3. The number of nitrogens with one attached hydrogen (secondary N) is 1. The van der Waals surface area contributed by atoms with E-state index in [2.05, 4.69) is 27.0 Å². The van der Waals surface area contributed by atoms with Crippen LogP contribution in [0.5, 0.6) is 0 Å². The molecular weight excluding hydrogens is 236 g/mol. The highest BCUT2D eigenvalue weighted by Crippen LogP contribution is 2.34. The first-order valence-corrected chi connectivity index (χ1v) is 7.97. The summed E-state index contributed by atoms with van der Waals surface area (Å²) in [5, 5.41) is 8.05. The largest absolute Gasteiger partial charge is 0.314 e. The predicted molar refractivity (Wildman–Crippen MR) is 75.9 cm³/mol. The zero-order chi connectivity index (χ0) is 13.1. The molecule has 2 aliphatic rings. The van der Waals surface area contributed by atoms with Gasteiger partial charge < -0.3 is 5.32 Å². The fourth-order valence-electron chi connectivity index (χ4n) is 3.34. The maximum absolute atomic E-state index is 4.47. The van der Waals surface area contributed by atoms with Gasteiger partial charge in [-0.15, -0.1) is 0 Å². The minimum atomic E-state index is 0.811. The molecule has 1 aromatic rings. The molecule has 3 rings (SSSR count). The van der Waals surface area contributed by atoms with E-state index in [1.807, 2.05) is 0 Å². The first kappa shape index (κ1) is 13.1. The molecule has 0 aromatic carbocycles. The summed E-state index contributed by atoms with van der Waals surface area (Å²) in [7, 11) is 0. The number of hydrogen-bond acceptors (Lipinski definition) is 3. The van der Waals surface area contributed by atoms with Crippen LogP contribution in [0.4, 0.5) is 0 Å². The smallest absolute Gasteiger partial charge is 0.138 e. The monoisotopic (exact) mass is 262 g/mol. The van der Waals surface area contributed by atoms with E-state index in [1.165, 1.54) is 44.5 Å². The number of hydrogen-bond donors (Lipinski definition) is 1. The first-order chi connectivity index (χ1) is 9.36. The summed E-state index contributed by atoms with van der Waals surface area (Å²) in [5.41, 5.74) is 0. The van der Waals surface area contributed by atoms with Gasteiger partial charge in [-0.3, -0.25) is 4.68 Å². The van der Waals surface area contributed by atoms with Gasteiger partial charge in [-0.2, -0.15) is 5.10 Å². The van der Waals surface area contributed by atoms with Crippen molar-refractivity contribution in [1.29, 1.82) is 0 Å². The number of aryl methyl sites for hydroxylation is 1. The highest BCUT2D eigenvalue weighted by atomic mass is 15.3. The van der Waals surface area contributed by atoms with Crippen LogP contribution in [0.25, 0.3) is 0 Å². The van der Waals surface area contributed by atoms with E-state index in [-0.39, 0.29) is 0 Å². The van der Waals surface area contributed by atoms with Crippen molar-refractivity contribution in [2.24, 2.45) is 11.8 Å². The molecule has 2 unspecified atom stereocenters. The van der Waals surface area contributed by atoms with Gasteiger partial charge in [-0.1, -0.05) is 13.3 Å². The van der Waals surface area contributed by atoms with Crippen LogP contribution in [0.2, 0.25) is 0 Å². The Bertz CT molecular complexity index is 397. The summed E-state index contributed by atoms with van der Waals surface area (Å²) in [6.45, 7) is 4.42. The second kappa shape index (κ2) is 6.04. The second-order valence-electron chi connectivity index (χ2n) is 6.24. The number of nitrogens with zero attached hydrogens (tertiary/aromatic N) is 3. The van der Waals surface area contributed by atoms with Gasteiger partial charge in [0.25, 0.3) is 0 Å². The summed E-state index contributed by atoms with van der Waals surface area (Å²) in [5.74, 6) is 2.86. The minimum absolute atomic E-state index is 0.811. The Hall–Kier alpha value is -0.900. The molecule has 2 saturated carbocycles.